The zero-order valence-electron chi connectivity index (χ0n) is 14.2. The molecule has 0 unspecified atom stereocenters. The van der Waals surface area contributed by atoms with Crippen LogP contribution in [0.4, 0.5) is 5.82 Å². The molecule has 1 aliphatic heterocycles. The lowest BCUT2D eigenvalue weighted by Crippen LogP contribution is -2.48. The van der Waals surface area contributed by atoms with Gasteiger partial charge in [0.05, 0.1) is 19.2 Å². The minimum atomic E-state index is -0.202. The lowest BCUT2D eigenvalue weighted by molar-refractivity contribution is -0.0490. The summed E-state index contributed by atoms with van der Waals surface area (Å²) in [6, 6.07) is 6.24. The zero-order chi connectivity index (χ0) is 17.3. The predicted molar refractivity (Wildman–Crippen MR) is 91.6 cm³/mol. The van der Waals surface area contributed by atoms with Crippen molar-refractivity contribution in [1.29, 1.82) is 0 Å². The molecule has 0 radical (unpaired) electrons. The Morgan fingerprint density at radius 2 is 2.04 bits per heavy atom. The van der Waals surface area contributed by atoms with Gasteiger partial charge < -0.3 is 15.4 Å². The minimum absolute atomic E-state index is 0.0414. The van der Waals surface area contributed by atoms with Gasteiger partial charge in [0.2, 0.25) is 0 Å². The number of amides is 1. The molecule has 3 rings (SSSR count). The Balaban J connectivity index is 1.87. The van der Waals surface area contributed by atoms with Gasteiger partial charge >= 0.3 is 0 Å². The Bertz CT molecular complexity index is 762. The van der Waals surface area contributed by atoms with Crippen molar-refractivity contribution >= 4 is 11.7 Å². The van der Waals surface area contributed by atoms with Crippen molar-refractivity contribution in [2.24, 2.45) is 0 Å². The Kier molecular flexibility index (Phi) is 4.49. The number of morpholine rings is 1. The summed E-state index contributed by atoms with van der Waals surface area (Å²) in [5, 5.41) is 0. The van der Waals surface area contributed by atoms with Crippen molar-refractivity contribution in [3.05, 3.63) is 53.0 Å². The molecule has 1 fully saturated rings. The first-order valence-electron chi connectivity index (χ1n) is 8.03. The van der Waals surface area contributed by atoms with Crippen LogP contribution < -0.4 is 5.73 Å². The number of nitrogens with two attached hydrogens (primary N) is 1. The number of aryl methyl sites for hydroxylation is 2. The average molecular weight is 326 g/mol. The van der Waals surface area contributed by atoms with Gasteiger partial charge in [0.1, 0.15) is 6.10 Å². The van der Waals surface area contributed by atoms with Gasteiger partial charge in [0.25, 0.3) is 5.91 Å². The van der Waals surface area contributed by atoms with Crippen molar-refractivity contribution in [3.8, 4) is 0 Å². The lowest BCUT2D eigenvalue weighted by atomic mass is 9.98. The summed E-state index contributed by atoms with van der Waals surface area (Å²) in [5.41, 5.74) is 9.46. The molecule has 24 heavy (non-hydrogen) atoms. The van der Waals surface area contributed by atoms with Gasteiger partial charge in [-0.3, -0.25) is 4.79 Å². The number of hydrogen-bond donors (Lipinski definition) is 1. The fourth-order valence-electron chi connectivity index (χ4n) is 2.98. The molecule has 0 bridgehead atoms. The van der Waals surface area contributed by atoms with Crippen molar-refractivity contribution in [2.75, 3.05) is 18.9 Å². The topological polar surface area (TPSA) is 81.3 Å². The largest absolute Gasteiger partial charge is 0.382 e. The third-order valence-corrected chi connectivity index (χ3v) is 4.40. The summed E-state index contributed by atoms with van der Waals surface area (Å²) in [7, 11) is 0. The van der Waals surface area contributed by atoms with E-state index in [1.54, 1.807) is 4.90 Å². The summed E-state index contributed by atoms with van der Waals surface area (Å²) in [6.07, 6.45) is 2.81. The van der Waals surface area contributed by atoms with E-state index in [0.717, 1.165) is 11.1 Å². The molecular weight excluding hydrogens is 304 g/mol. The molecule has 2 heterocycles. The molecule has 1 saturated heterocycles. The molecule has 1 amide bonds. The number of nitrogen functional groups attached to an aromatic ring is 1. The fourth-order valence-corrected chi connectivity index (χ4v) is 2.98. The SMILES string of the molecule is Cc1ccc(C)c([C@@H]2CN(C(=O)c3nccnc3N)[C@H](C)CO2)c1. The molecule has 2 atom stereocenters. The normalized spacial score (nSPS) is 20.9. The van der Waals surface area contributed by atoms with Crippen LogP contribution in [0.25, 0.3) is 0 Å². The van der Waals surface area contributed by atoms with Crippen LogP contribution in [0, 0.1) is 13.8 Å². The first-order chi connectivity index (χ1) is 11.5. The molecule has 1 aliphatic rings. The molecular formula is C18H22N4O2. The Morgan fingerprint density at radius 3 is 2.79 bits per heavy atom. The fraction of sp³-hybridized carbons (Fsp3) is 0.389. The maximum absolute atomic E-state index is 12.8. The molecule has 1 aromatic carbocycles. The summed E-state index contributed by atoms with van der Waals surface area (Å²) < 4.78 is 6.00. The van der Waals surface area contributed by atoms with Crippen molar-refractivity contribution < 1.29 is 9.53 Å². The highest BCUT2D eigenvalue weighted by molar-refractivity contribution is 5.96. The third kappa shape index (κ3) is 3.10. The van der Waals surface area contributed by atoms with E-state index in [4.69, 9.17) is 10.5 Å². The molecule has 6 nitrogen and oxygen atoms in total. The second-order valence-electron chi connectivity index (χ2n) is 6.28. The number of carbonyl (C=O) groups is 1. The minimum Gasteiger partial charge on any atom is -0.382 e. The smallest absolute Gasteiger partial charge is 0.276 e. The van der Waals surface area contributed by atoms with E-state index in [1.165, 1.54) is 18.0 Å². The van der Waals surface area contributed by atoms with E-state index in [-0.39, 0.29) is 29.6 Å². The Morgan fingerprint density at radius 1 is 1.29 bits per heavy atom. The van der Waals surface area contributed by atoms with Gasteiger partial charge in [0.15, 0.2) is 11.5 Å². The number of carbonyl (C=O) groups excluding carboxylic acids is 1. The molecule has 126 valence electrons. The van der Waals surface area contributed by atoms with Gasteiger partial charge in [-0.25, -0.2) is 9.97 Å². The van der Waals surface area contributed by atoms with Crippen LogP contribution in [0.5, 0.6) is 0 Å². The number of ether oxygens (including phenoxy) is 1. The molecule has 2 N–H and O–H groups in total. The monoisotopic (exact) mass is 326 g/mol. The summed E-state index contributed by atoms with van der Waals surface area (Å²) in [4.78, 5) is 22.7. The van der Waals surface area contributed by atoms with E-state index < -0.39 is 0 Å². The second kappa shape index (κ2) is 6.57. The zero-order valence-corrected chi connectivity index (χ0v) is 14.2. The van der Waals surface area contributed by atoms with Crippen LogP contribution in [-0.4, -0.2) is 40.0 Å². The van der Waals surface area contributed by atoms with E-state index in [2.05, 4.69) is 42.0 Å². The first-order valence-corrected chi connectivity index (χ1v) is 8.03. The van der Waals surface area contributed by atoms with E-state index in [9.17, 15) is 4.79 Å². The molecule has 0 saturated carbocycles. The van der Waals surface area contributed by atoms with Gasteiger partial charge in [-0.2, -0.15) is 0 Å². The van der Waals surface area contributed by atoms with Crippen molar-refractivity contribution in [1.82, 2.24) is 14.9 Å². The molecule has 2 aromatic rings. The summed E-state index contributed by atoms with van der Waals surface area (Å²) >= 11 is 0. The molecule has 0 aliphatic carbocycles. The van der Waals surface area contributed by atoms with Crippen molar-refractivity contribution in [2.45, 2.75) is 32.9 Å². The van der Waals surface area contributed by atoms with Gasteiger partial charge in [-0.1, -0.05) is 23.8 Å². The standard InChI is InChI=1S/C18H22N4O2/c1-11-4-5-12(2)14(8-11)15-9-22(13(3)10-24-15)18(23)16-17(19)21-7-6-20-16/h4-8,13,15H,9-10H2,1-3H3,(H2,19,21)/t13-,15+/m1/s1. The highest BCUT2D eigenvalue weighted by Gasteiger charge is 2.33. The van der Waals surface area contributed by atoms with Crippen LogP contribution in [0.15, 0.2) is 30.6 Å². The number of hydrogen-bond acceptors (Lipinski definition) is 5. The maximum atomic E-state index is 12.8. The van der Waals surface area contributed by atoms with E-state index >= 15 is 0 Å². The van der Waals surface area contributed by atoms with Crippen LogP contribution >= 0.6 is 0 Å². The molecule has 6 heteroatoms. The highest BCUT2D eigenvalue weighted by Crippen LogP contribution is 2.29. The number of benzene rings is 1. The Labute approximate surface area is 141 Å². The predicted octanol–water partition coefficient (Wildman–Crippen LogP) is 2.28. The quantitative estimate of drug-likeness (QED) is 0.915. The van der Waals surface area contributed by atoms with Crippen LogP contribution in [0.1, 0.15) is 40.2 Å². The highest BCUT2D eigenvalue weighted by atomic mass is 16.5. The van der Waals surface area contributed by atoms with E-state index in [0.29, 0.717) is 13.2 Å². The number of nitrogens with zero attached hydrogens (tertiary/aromatic N) is 3. The first kappa shape index (κ1) is 16.4. The second-order valence-corrected chi connectivity index (χ2v) is 6.28. The van der Waals surface area contributed by atoms with Crippen LogP contribution in [-0.2, 0) is 4.74 Å². The van der Waals surface area contributed by atoms with Crippen LogP contribution in [0.3, 0.4) is 0 Å². The summed E-state index contributed by atoms with van der Waals surface area (Å²) in [5.74, 6) is -0.0452. The Hall–Kier alpha value is -2.47. The number of anilines is 1. The lowest BCUT2D eigenvalue weighted by Gasteiger charge is -2.38. The maximum Gasteiger partial charge on any atom is 0.276 e. The molecule has 1 aromatic heterocycles. The molecule has 0 spiro atoms. The van der Waals surface area contributed by atoms with Crippen LogP contribution in [0.2, 0.25) is 0 Å². The average Bonchev–Trinajstić information content (AvgIpc) is 2.57. The van der Waals surface area contributed by atoms with Gasteiger partial charge in [0, 0.05) is 12.4 Å². The van der Waals surface area contributed by atoms with Crippen molar-refractivity contribution in [3.63, 3.8) is 0 Å². The van der Waals surface area contributed by atoms with E-state index in [1.807, 2.05) is 6.92 Å². The number of aromatic nitrogens is 2. The van der Waals surface area contributed by atoms with Gasteiger partial charge in [-0.15, -0.1) is 0 Å². The van der Waals surface area contributed by atoms with Gasteiger partial charge in [-0.05, 0) is 31.9 Å². The summed E-state index contributed by atoms with van der Waals surface area (Å²) in [6.45, 7) is 7.02. The number of rotatable bonds is 2. The third-order valence-electron chi connectivity index (χ3n) is 4.40.